The Morgan fingerprint density at radius 2 is 1.69 bits per heavy atom. The molecule has 1 N–H and O–H groups in total. The van der Waals surface area contributed by atoms with Crippen LogP contribution in [-0.4, -0.2) is 26.7 Å². The molecule has 7 heteroatoms. The smallest absolute Gasteiger partial charge is 0.258 e. The van der Waals surface area contributed by atoms with Crippen molar-refractivity contribution in [1.29, 1.82) is 0 Å². The van der Waals surface area contributed by atoms with E-state index < -0.39 is 0 Å². The van der Waals surface area contributed by atoms with Gasteiger partial charge < -0.3 is 23.9 Å². The second-order valence-corrected chi connectivity index (χ2v) is 8.17. The first-order chi connectivity index (χ1) is 16.9. The van der Waals surface area contributed by atoms with Crippen LogP contribution in [0.3, 0.4) is 0 Å². The maximum atomic E-state index is 13.6. The molecule has 0 aliphatic carbocycles. The molecule has 1 heterocycles. The highest BCUT2D eigenvalue weighted by Crippen LogP contribution is 2.37. The number of rotatable bonds is 8. The number of ether oxygens (including phenoxy) is 3. The lowest BCUT2D eigenvalue weighted by Crippen LogP contribution is -2.29. The summed E-state index contributed by atoms with van der Waals surface area (Å²) >= 11 is 0. The van der Waals surface area contributed by atoms with E-state index in [0.29, 0.717) is 34.6 Å². The van der Waals surface area contributed by atoms with E-state index in [1.807, 2.05) is 56.3 Å². The molecule has 0 unspecified atom stereocenters. The Bertz CT molecular complexity index is 1430. The summed E-state index contributed by atoms with van der Waals surface area (Å²) in [6.07, 6.45) is 0. The molecule has 0 spiro atoms. The number of fused-ring (bicyclic) bond motifs is 1. The summed E-state index contributed by atoms with van der Waals surface area (Å²) in [6.45, 7) is 3.80. The number of nitrogens with one attached hydrogen (secondary N) is 1. The molecule has 4 aromatic rings. The number of amides is 1. The van der Waals surface area contributed by atoms with Gasteiger partial charge in [-0.3, -0.25) is 9.59 Å². The summed E-state index contributed by atoms with van der Waals surface area (Å²) in [5.41, 5.74) is 3.35. The molecule has 0 aliphatic rings. The molecule has 1 aromatic heterocycles. The Labute approximate surface area is 203 Å². The van der Waals surface area contributed by atoms with Crippen LogP contribution in [0.25, 0.3) is 22.3 Å². The van der Waals surface area contributed by atoms with Gasteiger partial charge in [0.1, 0.15) is 5.58 Å². The molecule has 0 saturated heterocycles. The average molecular weight is 474 g/mol. The Morgan fingerprint density at radius 1 is 0.943 bits per heavy atom. The lowest BCUT2D eigenvalue weighted by atomic mass is 10.0. The largest absolute Gasteiger partial charge is 0.493 e. The zero-order valence-corrected chi connectivity index (χ0v) is 20.1. The van der Waals surface area contributed by atoms with Gasteiger partial charge in [0.2, 0.25) is 11.2 Å². The minimum absolute atomic E-state index is 0.0356. The number of carbonyl (C=O) groups is 1. The molecule has 0 bridgehead atoms. The SMILES string of the molecule is COc1ccc(-c2oc3cc(C)cc(C)c3c(=O)c2OCC(=O)NCc2ccccc2)cc1OC. The quantitative estimate of drug-likeness (QED) is 0.396. The van der Waals surface area contributed by atoms with E-state index in [4.69, 9.17) is 18.6 Å². The summed E-state index contributed by atoms with van der Waals surface area (Å²) in [7, 11) is 3.07. The molecule has 35 heavy (non-hydrogen) atoms. The van der Waals surface area contributed by atoms with Gasteiger partial charge in [0.25, 0.3) is 5.91 Å². The first-order valence-electron chi connectivity index (χ1n) is 11.1. The van der Waals surface area contributed by atoms with Crippen LogP contribution in [0, 0.1) is 13.8 Å². The monoisotopic (exact) mass is 473 g/mol. The lowest BCUT2D eigenvalue weighted by molar-refractivity contribution is -0.123. The first-order valence-corrected chi connectivity index (χ1v) is 11.1. The zero-order chi connectivity index (χ0) is 24.9. The summed E-state index contributed by atoms with van der Waals surface area (Å²) in [5, 5.41) is 3.22. The predicted octanol–water partition coefficient (Wildman–Crippen LogP) is 4.79. The van der Waals surface area contributed by atoms with Gasteiger partial charge in [-0.2, -0.15) is 0 Å². The third-order valence-electron chi connectivity index (χ3n) is 5.62. The third kappa shape index (κ3) is 5.14. The van der Waals surface area contributed by atoms with Crippen molar-refractivity contribution in [2.24, 2.45) is 0 Å². The minimum atomic E-state index is -0.354. The highest BCUT2D eigenvalue weighted by molar-refractivity contribution is 5.86. The molecule has 0 radical (unpaired) electrons. The lowest BCUT2D eigenvalue weighted by Gasteiger charge is -2.14. The normalized spacial score (nSPS) is 10.7. The number of carbonyl (C=O) groups excluding carboxylic acids is 1. The zero-order valence-electron chi connectivity index (χ0n) is 20.1. The maximum absolute atomic E-state index is 13.6. The number of aryl methyl sites for hydroxylation is 2. The molecule has 0 fully saturated rings. The van der Waals surface area contributed by atoms with Crippen LogP contribution in [0.4, 0.5) is 0 Å². The van der Waals surface area contributed by atoms with Gasteiger partial charge in [-0.05, 0) is 54.8 Å². The molecule has 4 rings (SSSR count). The first kappa shape index (κ1) is 23.9. The fraction of sp³-hybridized carbons (Fsp3) is 0.214. The van der Waals surface area contributed by atoms with Gasteiger partial charge in [0.15, 0.2) is 23.9 Å². The molecule has 180 valence electrons. The highest BCUT2D eigenvalue weighted by atomic mass is 16.5. The minimum Gasteiger partial charge on any atom is -0.493 e. The van der Waals surface area contributed by atoms with Gasteiger partial charge >= 0.3 is 0 Å². The Balaban J connectivity index is 1.72. The van der Waals surface area contributed by atoms with Gasteiger partial charge in [0, 0.05) is 12.1 Å². The highest BCUT2D eigenvalue weighted by Gasteiger charge is 2.21. The summed E-state index contributed by atoms with van der Waals surface area (Å²) < 4.78 is 22.7. The van der Waals surface area contributed by atoms with E-state index >= 15 is 0 Å². The van der Waals surface area contributed by atoms with Crippen LogP contribution in [-0.2, 0) is 11.3 Å². The molecule has 0 aliphatic heterocycles. The fourth-order valence-corrected chi connectivity index (χ4v) is 3.96. The molecule has 1 amide bonds. The van der Waals surface area contributed by atoms with E-state index in [1.54, 1.807) is 25.3 Å². The van der Waals surface area contributed by atoms with Crippen LogP contribution >= 0.6 is 0 Å². The Morgan fingerprint density at radius 3 is 2.40 bits per heavy atom. The standard InChI is InChI=1S/C28H27NO6/c1-17-12-18(2)25-23(13-17)35-27(20-10-11-21(32-3)22(14-20)33-4)28(26(25)31)34-16-24(30)29-15-19-8-6-5-7-9-19/h5-14H,15-16H2,1-4H3,(H,29,30). The van der Waals surface area contributed by atoms with E-state index in [1.165, 1.54) is 7.11 Å². The van der Waals surface area contributed by atoms with Crippen molar-refractivity contribution < 1.29 is 23.4 Å². The van der Waals surface area contributed by atoms with Crippen LogP contribution in [0.1, 0.15) is 16.7 Å². The van der Waals surface area contributed by atoms with Gasteiger partial charge in [-0.25, -0.2) is 0 Å². The number of hydrogen-bond acceptors (Lipinski definition) is 6. The van der Waals surface area contributed by atoms with Crippen LogP contribution in [0.2, 0.25) is 0 Å². The molecular weight excluding hydrogens is 446 g/mol. The Hall–Kier alpha value is -4.26. The average Bonchev–Trinajstić information content (AvgIpc) is 2.86. The van der Waals surface area contributed by atoms with E-state index in [0.717, 1.165) is 16.7 Å². The van der Waals surface area contributed by atoms with E-state index in [9.17, 15) is 9.59 Å². The van der Waals surface area contributed by atoms with Gasteiger partial charge in [-0.15, -0.1) is 0 Å². The third-order valence-corrected chi connectivity index (χ3v) is 5.62. The van der Waals surface area contributed by atoms with Crippen molar-refractivity contribution in [2.75, 3.05) is 20.8 Å². The summed E-state index contributed by atoms with van der Waals surface area (Å²) in [6, 6.07) is 18.4. The predicted molar refractivity (Wildman–Crippen MR) is 134 cm³/mol. The van der Waals surface area contributed by atoms with Crippen molar-refractivity contribution in [2.45, 2.75) is 20.4 Å². The second-order valence-electron chi connectivity index (χ2n) is 8.17. The van der Waals surface area contributed by atoms with E-state index in [-0.39, 0.29) is 29.5 Å². The molecule has 0 atom stereocenters. The molecule has 7 nitrogen and oxygen atoms in total. The maximum Gasteiger partial charge on any atom is 0.258 e. The van der Waals surface area contributed by atoms with Crippen molar-refractivity contribution in [3.05, 3.63) is 87.6 Å². The number of methoxy groups -OCH3 is 2. The van der Waals surface area contributed by atoms with Crippen molar-refractivity contribution >= 4 is 16.9 Å². The molecular formula is C28H27NO6. The summed E-state index contributed by atoms with van der Waals surface area (Å²) in [4.78, 5) is 26.1. The van der Waals surface area contributed by atoms with Crippen LogP contribution < -0.4 is 25.0 Å². The van der Waals surface area contributed by atoms with Crippen LogP contribution in [0.5, 0.6) is 17.2 Å². The summed E-state index contributed by atoms with van der Waals surface area (Å²) in [5.74, 6) is 0.830. The van der Waals surface area contributed by atoms with Gasteiger partial charge in [-0.1, -0.05) is 36.4 Å². The number of benzene rings is 3. The molecule has 3 aromatic carbocycles. The van der Waals surface area contributed by atoms with Crippen molar-refractivity contribution in [3.63, 3.8) is 0 Å². The second kappa shape index (κ2) is 10.3. The molecule has 0 saturated carbocycles. The fourth-order valence-electron chi connectivity index (χ4n) is 3.96. The van der Waals surface area contributed by atoms with E-state index in [2.05, 4.69) is 5.32 Å². The van der Waals surface area contributed by atoms with Crippen molar-refractivity contribution in [1.82, 2.24) is 5.32 Å². The number of hydrogen-bond donors (Lipinski definition) is 1. The topological polar surface area (TPSA) is 87.0 Å². The van der Waals surface area contributed by atoms with Crippen molar-refractivity contribution in [3.8, 4) is 28.6 Å². The van der Waals surface area contributed by atoms with Crippen LogP contribution in [0.15, 0.2) is 69.9 Å². The van der Waals surface area contributed by atoms with Gasteiger partial charge in [0.05, 0.1) is 19.6 Å². The Kier molecular flexibility index (Phi) is 7.06.